The first-order valence-corrected chi connectivity index (χ1v) is 9.25. The number of allylic oxidation sites excluding steroid dienone is 1. The van der Waals surface area contributed by atoms with Crippen LogP contribution in [0.5, 0.6) is 0 Å². The molecule has 2 unspecified atom stereocenters. The number of ether oxygens (including phenoxy) is 2. The van der Waals surface area contributed by atoms with Gasteiger partial charge in [0.25, 0.3) is 5.72 Å². The lowest BCUT2D eigenvalue weighted by Gasteiger charge is -2.54. The lowest BCUT2D eigenvalue weighted by atomic mass is 9.71. The average molecular weight is 370 g/mol. The Morgan fingerprint density at radius 1 is 1.22 bits per heavy atom. The van der Waals surface area contributed by atoms with Crippen molar-refractivity contribution in [2.45, 2.75) is 39.2 Å². The number of morpholine rings is 1. The molecule has 0 saturated carbocycles. The molecule has 144 valence electrons. The number of carbonyl (C=O) groups excluding carboxylic acids is 1. The van der Waals surface area contributed by atoms with Crippen LogP contribution in [-0.4, -0.2) is 55.2 Å². The number of oxime groups is 1. The number of carbonyl (C=O) groups is 1. The fourth-order valence-electron chi connectivity index (χ4n) is 4.90. The second kappa shape index (κ2) is 5.99. The van der Waals surface area contributed by atoms with E-state index in [0.29, 0.717) is 24.4 Å². The minimum absolute atomic E-state index is 0.00403. The molecule has 3 aliphatic rings. The second-order valence-electron chi connectivity index (χ2n) is 7.80. The summed E-state index contributed by atoms with van der Waals surface area (Å²) in [6.07, 6.45) is 1.74. The van der Waals surface area contributed by atoms with Crippen LogP contribution in [0.3, 0.4) is 0 Å². The summed E-state index contributed by atoms with van der Waals surface area (Å²) in [7, 11) is 3.51. The van der Waals surface area contributed by atoms with Crippen molar-refractivity contribution in [2.24, 2.45) is 11.1 Å². The molecule has 0 bridgehead atoms. The predicted octanol–water partition coefficient (Wildman–Crippen LogP) is 2.49. The standard InChI is InChI=1S/C21H26N2O4/c1-12-9-13(2)16(14(3)10-12)18-17-19(24)15(4)11-20(25-6)21(17,27-22-18)23(5)7-8-26-20/h9-11,17H,7-8H2,1-6H3/t17-,20?,21?/m1/s1. The maximum Gasteiger partial charge on any atom is 0.265 e. The summed E-state index contributed by atoms with van der Waals surface area (Å²) in [6.45, 7) is 9.06. The molecule has 1 spiro atoms. The number of hydrogen-bond donors (Lipinski definition) is 0. The van der Waals surface area contributed by atoms with Crippen molar-refractivity contribution in [3.05, 3.63) is 46.0 Å². The lowest BCUT2D eigenvalue weighted by molar-refractivity contribution is -0.366. The molecule has 27 heavy (non-hydrogen) atoms. The zero-order valence-electron chi connectivity index (χ0n) is 16.8. The molecule has 4 rings (SSSR count). The van der Waals surface area contributed by atoms with Crippen LogP contribution in [0.4, 0.5) is 0 Å². The molecule has 1 fully saturated rings. The number of Topliss-reactive ketones (excluding diaryl/α,β-unsaturated/α-hetero) is 1. The number of benzene rings is 1. The number of aryl methyl sites for hydroxylation is 3. The quantitative estimate of drug-likeness (QED) is 0.801. The molecule has 1 aromatic carbocycles. The van der Waals surface area contributed by atoms with Gasteiger partial charge in [0.05, 0.1) is 6.61 Å². The summed E-state index contributed by atoms with van der Waals surface area (Å²) in [5.41, 5.74) is 4.42. The summed E-state index contributed by atoms with van der Waals surface area (Å²) in [6, 6.07) is 4.22. The summed E-state index contributed by atoms with van der Waals surface area (Å²) < 4.78 is 11.9. The molecule has 0 aromatic heterocycles. The van der Waals surface area contributed by atoms with Crippen molar-refractivity contribution in [2.75, 3.05) is 27.3 Å². The Bertz CT molecular complexity index is 867. The topological polar surface area (TPSA) is 60.4 Å². The number of methoxy groups -OCH3 is 1. The third-order valence-electron chi connectivity index (χ3n) is 6.05. The van der Waals surface area contributed by atoms with Gasteiger partial charge in [-0.05, 0) is 57.5 Å². The van der Waals surface area contributed by atoms with E-state index in [9.17, 15) is 4.79 Å². The molecule has 6 heteroatoms. The van der Waals surface area contributed by atoms with E-state index in [0.717, 1.165) is 16.7 Å². The minimum Gasteiger partial charge on any atom is -0.365 e. The Kier molecular flexibility index (Phi) is 4.07. The van der Waals surface area contributed by atoms with Crippen LogP contribution < -0.4 is 0 Å². The monoisotopic (exact) mass is 370 g/mol. The Morgan fingerprint density at radius 3 is 2.52 bits per heavy atom. The van der Waals surface area contributed by atoms with Gasteiger partial charge in [0.2, 0.25) is 5.79 Å². The summed E-state index contributed by atoms with van der Waals surface area (Å²) in [4.78, 5) is 21.4. The van der Waals surface area contributed by atoms with Crippen molar-refractivity contribution in [3.8, 4) is 0 Å². The summed E-state index contributed by atoms with van der Waals surface area (Å²) in [5, 5.41) is 4.47. The van der Waals surface area contributed by atoms with Crippen molar-refractivity contribution >= 4 is 11.5 Å². The van der Waals surface area contributed by atoms with Gasteiger partial charge in [-0.1, -0.05) is 22.9 Å². The number of ketones is 1. The van der Waals surface area contributed by atoms with Crippen molar-refractivity contribution < 1.29 is 19.1 Å². The van der Waals surface area contributed by atoms with Crippen LogP contribution >= 0.6 is 0 Å². The van der Waals surface area contributed by atoms with Gasteiger partial charge in [0.15, 0.2) is 5.78 Å². The summed E-state index contributed by atoms with van der Waals surface area (Å²) >= 11 is 0. The molecule has 2 aliphatic heterocycles. The Hall–Kier alpha value is -2.02. The minimum atomic E-state index is -1.18. The highest BCUT2D eigenvalue weighted by Crippen LogP contribution is 2.52. The van der Waals surface area contributed by atoms with E-state index >= 15 is 0 Å². The molecule has 1 aromatic rings. The lowest BCUT2D eigenvalue weighted by Crippen LogP contribution is -2.74. The van der Waals surface area contributed by atoms with Crippen LogP contribution in [0, 0.1) is 26.7 Å². The maximum atomic E-state index is 13.4. The van der Waals surface area contributed by atoms with Crippen molar-refractivity contribution in [3.63, 3.8) is 0 Å². The highest BCUT2D eigenvalue weighted by atomic mass is 16.8. The number of likely N-dealkylation sites (N-methyl/N-ethyl adjacent to an activating group) is 1. The van der Waals surface area contributed by atoms with E-state index in [-0.39, 0.29) is 5.78 Å². The third-order valence-corrected chi connectivity index (χ3v) is 6.05. The zero-order valence-corrected chi connectivity index (χ0v) is 16.8. The van der Waals surface area contributed by atoms with Crippen LogP contribution in [0.2, 0.25) is 0 Å². The number of rotatable bonds is 2. The van der Waals surface area contributed by atoms with Crippen LogP contribution in [0.25, 0.3) is 0 Å². The van der Waals surface area contributed by atoms with E-state index in [1.165, 1.54) is 5.56 Å². The van der Waals surface area contributed by atoms with Gasteiger partial charge >= 0.3 is 0 Å². The molecule has 3 atom stereocenters. The van der Waals surface area contributed by atoms with E-state index in [1.54, 1.807) is 20.1 Å². The highest BCUT2D eigenvalue weighted by Gasteiger charge is 2.72. The average Bonchev–Trinajstić information content (AvgIpc) is 2.99. The van der Waals surface area contributed by atoms with Gasteiger partial charge in [0.1, 0.15) is 11.6 Å². The molecule has 2 heterocycles. The molecule has 1 aliphatic carbocycles. The Labute approximate surface area is 159 Å². The first kappa shape index (κ1) is 18.3. The molecule has 6 nitrogen and oxygen atoms in total. The number of hydrogen-bond acceptors (Lipinski definition) is 6. The van der Waals surface area contributed by atoms with Crippen molar-refractivity contribution in [1.29, 1.82) is 0 Å². The molecule has 0 radical (unpaired) electrons. The first-order valence-electron chi connectivity index (χ1n) is 9.25. The maximum absolute atomic E-state index is 13.4. The van der Waals surface area contributed by atoms with Crippen LogP contribution in [-0.2, 0) is 19.1 Å². The summed E-state index contributed by atoms with van der Waals surface area (Å²) in [5.74, 6) is -1.80. The first-order chi connectivity index (χ1) is 12.8. The van der Waals surface area contributed by atoms with Crippen LogP contribution in [0.1, 0.15) is 29.2 Å². The number of nitrogens with zero attached hydrogens (tertiary/aromatic N) is 2. The van der Waals surface area contributed by atoms with Crippen LogP contribution in [0.15, 0.2) is 28.9 Å². The zero-order chi connectivity index (χ0) is 19.6. The molecular weight excluding hydrogens is 344 g/mol. The predicted molar refractivity (Wildman–Crippen MR) is 102 cm³/mol. The second-order valence-corrected chi connectivity index (χ2v) is 7.80. The Balaban J connectivity index is 1.94. The smallest absolute Gasteiger partial charge is 0.265 e. The van der Waals surface area contributed by atoms with E-state index in [4.69, 9.17) is 14.3 Å². The fourth-order valence-corrected chi connectivity index (χ4v) is 4.90. The van der Waals surface area contributed by atoms with Gasteiger partial charge in [0, 0.05) is 19.2 Å². The van der Waals surface area contributed by atoms with E-state index in [2.05, 4.69) is 24.2 Å². The molecular formula is C21H26N2O4. The van der Waals surface area contributed by atoms with Gasteiger partial charge in [-0.2, -0.15) is 0 Å². The third kappa shape index (κ3) is 2.24. The van der Waals surface area contributed by atoms with Gasteiger partial charge in [-0.25, -0.2) is 0 Å². The van der Waals surface area contributed by atoms with E-state index in [1.807, 2.05) is 25.8 Å². The largest absolute Gasteiger partial charge is 0.365 e. The Morgan fingerprint density at radius 2 is 1.89 bits per heavy atom. The normalized spacial score (nSPS) is 33.1. The fraction of sp³-hybridized carbons (Fsp3) is 0.524. The molecule has 1 saturated heterocycles. The molecule has 0 N–H and O–H groups in total. The SMILES string of the molecule is COC12C=C(C)C(=O)[C@H]3C(c4c(C)cc(C)cc4C)=NOC31N(C)CCO2. The van der Waals surface area contributed by atoms with Gasteiger partial charge in [-0.3, -0.25) is 9.69 Å². The van der Waals surface area contributed by atoms with E-state index < -0.39 is 17.4 Å². The molecule has 0 amide bonds. The highest BCUT2D eigenvalue weighted by molar-refractivity contribution is 6.21. The van der Waals surface area contributed by atoms with Gasteiger partial charge in [-0.15, -0.1) is 0 Å². The van der Waals surface area contributed by atoms with Gasteiger partial charge < -0.3 is 14.3 Å². The van der Waals surface area contributed by atoms with Crippen molar-refractivity contribution in [1.82, 2.24) is 4.90 Å².